The Morgan fingerprint density at radius 2 is 2.10 bits per heavy atom. The van der Waals surface area contributed by atoms with Crippen LogP contribution in [-0.2, 0) is 11.3 Å². The lowest BCUT2D eigenvalue weighted by Gasteiger charge is -2.27. The van der Waals surface area contributed by atoms with Crippen LogP contribution in [0.15, 0.2) is 30.5 Å². The van der Waals surface area contributed by atoms with Crippen molar-refractivity contribution in [2.24, 2.45) is 5.92 Å². The molecule has 1 fully saturated rings. The number of methoxy groups -OCH3 is 2. The van der Waals surface area contributed by atoms with Crippen LogP contribution in [0.2, 0.25) is 0 Å². The van der Waals surface area contributed by atoms with E-state index in [1.165, 1.54) is 0 Å². The van der Waals surface area contributed by atoms with E-state index in [9.17, 15) is 9.90 Å². The largest absolute Gasteiger partial charge is 0.497 e. The standard InChI is InChI=1S/C23H28N4O4/c1-14-21-19(27(26-14)17-6-4-5-15(11-17)23(28)29)9-10-24-22(21)25-13-16-7-8-18(30-2)12-20(16)31-3/h7-10,12,15,17H,4-6,11,13H2,1-3H3,(H,24,25)(H,28,29)/t15-,17-/m1/s1. The Bertz CT molecular complexity index is 1090. The molecule has 0 unspecified atom stereocenters. The number of fused-ring (bicyclic) bond motifs is 1. The van der Waals surface area contributed by atoms with Gasteiger partial charge in [-0.1, -0.05) is 6.42 Å². The summed E-state index contributed by atoms with van der Waals surface area (Å²) >= 11 is 0. The van der Waals surface area contributed by atoms with E-state index >= 15 is 0 Å². The van der Waals surface area contributed by atoms with Gasteiger partial charge in [0.1, 0.15) is 17.3 Å². The van der Waals surface area contributed by atoms with E-state index in [-0.39, 0.29) is 12.0 Å². The molecular weight excluding hydrogens is 396 g/mol. The lowest BCUT2D eigenvalue weighted by Crippen LogP contribution is -2.25. The summed E-state index contributed by atoms with van der Waals surface area (Å²) in [6, 6.07) is 7.77. The Hall–Kier alpha value is -3.29. The SMILES string of the molecule is COc1ccc(CNc2nccc3c2c(C)nn3[C@@H]2CCC[C@@H](C(=O)O)C2)c(OC)c1. The van der Waals surface area contributed by atoms with Crippen molar-refractivity contribution >= 4 is 22.7 Å². The first-order chi connectivity index (χ1) is 15.0. The zero-order valence-corrected chi connectivity index (χ0v) is 18.1. The van der Waals surface area contributed by atoms with Gasteiger partial charge < -0.3 is 19.9 Å². The van der Waals surface area contributed by atoms with Crippen LogP contribution in [0, 0.1) is 12.8 Å². The van der Waals surface area contributed by atoms with Gasteiger partial charge in [0.2, 0.25) is 0 Å². The summed E-state index contributed by atoms with van der Waals surface area (Å²) in [6.45, 7) is 2.51. The van der Waals surface area contributed by atoms with Gasteiger partial charge in [0.25, 0.3) is 0 Å². The molecule has 0 bridgehead atoms. The second kappa shape index (κ2) is 8.83. The van der Waals surface area contributed by atoms with Crippen molar-refractivity contribution in [3.63, 3.8) is 0 Å². The Labute approximate surface area is 181 Å². The molecule has 0 saturated heterocycles. The third-order valence-corrected chi connectivity index (χ3v) is 6.08. The van der Waals surface area contributed by atoms with Crippen LogP contribution in [0.1, 0.15) is 43.0 Å². The van der Waals surface area contributed by atoms with Gasteiger partial charge in [-0.3, -0.25) is 9.48 Å². The van der Waals surface area contributed by atoms with Gasteiger partial charge >= 0.3 is 5.97 Å². The molecule has 0 aliphatic heterocycles. The molecule has 0 amide bonds. The van der Waals surface area contributed by atoms with Crippen LogP contribution in [0.5, 0.6) is 11.5 Å². The normalized spacial score (nSPS) is 18.7. The number of hydrogen-bond donors (Lipinski definition) is 2. The highest BCUT2D eigenvalue weighted by molar-refractivity contribution is 5.91. The van der Waals surface area contributed by atoms with Gasteiger partial charge in [0.05, 0.1) is 42.8 Å². The molecule has 8 heteroatoms. The number of carbonyl (C=O) groups is 1. The molecule has 164 valence electrons. The molecule has 1 aliphatic rings. The number of benzene rings is 1. The molecule has 2 heterocycles. The van der Waals surface area contributed by atoms with Gasteiger partial charge in [0, 0.05) is 24.4 Å². The minimum atomic E-state index is -0.713. The molecular formula is C23H28N4O4. The van der Waals surface area contributed by atoms with Gasteiger partial charge in [-0.25, -0.2) is 4.98 Å². The molecule has 4 rings (SSSR count). The highest BCUT2D eigenvalue weighted by atomic mass is 16.5. The Balaban J connectivity index is 1.61. The highest BCUT2D eigenvalue weighted by Gasteiger charge is 2.29. The summed E-state index contributed by atoms with van der Waals surface area (Å²) in [5.74, 6) is 1.22. The monoisotopic (exact) mass is 424 g/mol. The molecule has 1 aliphatic carbocycles. The molecule has 2 atom stereocenters. The number of hydrogen-bond acceptors (Lipinski definition) is 6. The quantitative estimate of drug-likeness (QED) is 0.587. The Morgan fingerprint density at radius 1 is 1.26 bits per heavy atom. The van der Waals surface area contributed by atoms with E-state index in [1.54, 1.807) is 20.4 Å². The van der Waals surface area contributed by atoms with E-state index in [0.29, 0.717) is 13.0 Å². The van der Waals surface area contributed by atoms with Gasteiger partial charge in [-0.2, -0.15) is 5.10 Å². The van der Waals surface area contributed by atoms with Crippen LogP contribution >= 0.6 is 0 Å². The lowest BCUT2D eigenvalue weighted by atomic mass is 9.86. The number of aryl methyl sites for hydroxylation is 1. The predicted molar refractivity (Wildman–Crippen MR) is 118 cm³/mol. The fraction of sp³-hybridized carbons (Fsp3) is 0.435. The molecule has 0 radical (unpaired) electrons. The number of nitrogens with one attached hydrogen (secondary N) is 1. The van der Waals surface area contributed by atoms with Crippen molar-refractivity contribution in [1.82, 2.24) is 14.8 Å². The number of nitrogens with zero attached hydrogens (tertiary/aromatic N) is 3. The summed E-state index contributed by atoms with van der Waals surface area (Å²) in [5, 5.41) is 18.6. The first kappa shape index (κ1) is 21.0. The molecule has 1 saturated carbocycles. The third-order valence-electron chi connectivity index (χ3n) is 6.08. The zero-order valence-electron chi connectivity index (χ0n) is 18.1. The topological polar surface area (TPSA) is 98.5 Å². The number of aromatic nitrogens is 3. The van der Waals surface area contributed by atoms with E-state index in [4.69, 9.17) is 14.6 Å². The van der Waals surface area contributed by atoms with E-state index in [1.807, 2.05) is 35.9 Å². The molecule has 1 aromatic carbocycles. The first-order valence-electron chi connectivity index (χ1n) is 10.5. The molecule has 2 aromatic heterocycles. The average molecular weight is 425 g/mol. The van der Waals surface area contributed by atoms with Gasteiger partial charge in [-0.15, -0.1) is 0 Å². The number of carboxylic acids is 1. The van der Waals surface area contributed by atoms with Gasteiger partial charge in [-0.05, 0) is 44.4 Å². The minimum Gasteiger partial charge on any atom is -0.497 e. The van der Waals surface area contributed by atoms with E-state index in [2.05, 4.69) is 10.3 Å². The second-order valence-electron chi connectivity index (χ2n) is 7.97. The van der Waals surface area contributed by atoms with Crippen LogP contribution in [0.4, 0.5) is 5.82 Å². The number of pyridine rings is 1. The highest BCUT2D eigenvalue weighted by Crippen LogP contribution is 2.36. The maximum Gasteiger partial charge on any atom is 0.306 e. The van der Waals surface area contributed by atoms with Crippen LogP contribution in [0.3, 0.4) is 0 Å². The predicted octanol–water partition coefficient (Wildman–Crippen LogP) is 4.18. The second-order valence-corrected chi connectivity index (χ2v) is 7.97. The molecule has 3 aromatic rings. The van der Waals surface area contributed by atoms with Crippen molar-refractivity contribution in [1.29, 1.82) is 0 Å². The molecule has 2 N–H and O–H groups in total. The van der Waals surface area contributed by atoms with Crippen molar-refractivity contribution in [2.75, 3.05) is 19.5 Å². The summed E-state index contributed by atoms with van der Waals surface area (Å²) in [5.41, 5.74) is 2.85. The van der Waals surface area contributed by atoms with Crippen LogP contribution < -0.4 is 14.8 Å². The summed E-state index contributed by atoms with van der Waals surface area (Å²) in [6.07, 6.45) is 4.95. The summed E-state index contributed by atoms with van der Waals surface area (Å²) in [4.78, 5) is 16.0. The lowest BCUT2D eigenvalue weighted by molar-refractivity contribution is -0.143. The number of rotatable bonds is 7. The average Bonchev–Trinajstić information content (AvgIpc) is 3.14. The third kappa shape index (κ3) is 4.15. The smallest absolute Gasteiger partial charge is 0.306 e. The number of carboxylic acid groups (broad SMARTS) is 1. The van der Waals surface area contributed by atoms with E-state index < -0.39 is 5.97 Å². The number of anilines is 1. The van der Waals surface area contributed by atoms with Crippen molar-refractivity contribution < 1.29 is 19.4 Å². The summed E-state index contributed by atoms with van der Waals surface area (Å²) < 4.78 is 12.8. The maximum absolute atomic E-state index is 11.5. The minimum absolute atomic E-state index is 0.0861. The number of aliphatic carboxylic acids is 1. The van der Waals surface area contributed by atoms with E-state index in [0.717, 1.165) is 58.7 Å². The molecule has 31 heavy (non-hydrogen) atoms. The molecule has 0 spiro atoms. The summed E-state index contributed by atoms with van der Waals surface area (Å²) in [7, 11) is 3.27. The zero-order chi connectivity index (χ0) is 22.0. The first-order valence-corrected chi connectivity index (χ1v) is 10.5. The van der Waals surface area contributed by atoms with Crippen LogP contribution in [0.25, 0.3) is 10.9 Å². The Morgan fingerprint density at radius 3 is 2.84 bits per heavy atom. The van der Waals surface area contributed by atoms with Crippen molar-refractivity contribution in [3.8, 4) is 11.5 Å². The number of ether oxygens (including phenoxy) is 2. The Kier molecular flexibility index (Phi) is 5.97. The van der Waals surface area contributed by atoms with Gasteiger partial charge in [0.15, 0.2) is 0 Å². The fourth-order valence-corrected chi connectivity index (χ4v) is 4.46. The van der Waals surface area contributed by atoms with Crippen LogP contribution in [-0.4, -0.2) is 40.1 Å². The maximum atomic E-state index is 11.5. The van der Waals surface area contributed by atoms with Crippen molar-refractivity contribution in [2.45, 2.75) is 45.2 Å². The van der Waals surface area contributed by atoms with Crippen molar-refractivity contribution in [3.05, 3.63) is 41.7 Å². The molecule has 8 nitrogen and oxygen atoms in total. The fourth-order valence-electron chi connectivity index (χ4n) is 4.46.